The smallest absolute Gasteiger partial charge is 0.332 e. The first-order valence-electron chi connectivity index (χ1n) is 9.63. The lowest BCUT2D eigenvalue weighted by atomic mass is 9.89. The van der Waals surface area contributed by atoms with Crippen molar-refractivity contribution >= 4 is 11.2 Å². The quantitative estimate of drug-likeness (QED) is 0.801. The molecule has 1 aliphatic carbocycles. The number of rotatable bonds is 5. The van der Waals surface area contributed by atoms with Crippen molar-refractivity contribution in [1.29, 1.82) is 0 Å². The molecule has 1 unspecified atom stereocenters. The molecule has 142 valence electrons. The monoisotopic (exact) mass is 360 g/mol. The van der Waals surface area contributed by atoms with Gasteiger partial charge in [-0.05, 0) is 44.9 Å². The van der Waals surface area contributed by atoms with Crippen LogP contribution in [0.3, 0.4) is 0 Å². The Morgan fingerprint density at radius 2 is 1.81 bits per heavy atom. The molecule has 0 amide bonds. The summed E-state index contributed by atoms with van der Waals surface area (Å²) in [6, 6.07) is 0. The van der Waals surface area contributed by atoms with E-state index in [0.29, 0.717) is 49.3 Å². The molecule has 0 radical (unpaired) electrons. The first-order valence-corrected chi connectivity index (χ1v) is 9.63. The summed E-state index contributed by atoms with van der Waals surface area (Å²) in [5.41, 5.74) is -1.11. The van der Waals surface area contributed by atoms with E-state index in [4.69, 9.17) is 0 Å². The summed E-state index contributed by atoms with van der Waals surface area (Å²) in [6.07, 6.45) is 9.34. The van der Waals surface area contributed by atoms with Gasteiger partial charge in [0, 0.05) is 13.1 Å². The lowest BCUT2D eigenvalue weighted by molar-refractivity contribution is 0.00895. The predicted molar refractivity (Wildman–Crippen MR) is 101 cm³/mol. The zero-order valence-corrected chi connectivity index (χ0v) is 15.6. The van der Waals surface area contributed by atoms with Gasteiger partial charge in [0.2, 0.25) is 0 Å². The van der Waals surface area contributed by atoms with Gasteiger partial charge in [0.05, 0.1) is 0 Å². The first-order chi connectivity index (χ1) is 12.5. The summed E-state index contributed by atoms with van der Waals surface area (Å²) in [5.74, 6) is 0.401. The summed E-state index contributed by atoms with van der Waals surface area (Å²) in [7, 11) is 0. The minimum Gasteiger partial charge on any atom is -0.382 e. The molecule has 1 aliphatic rings. The second kappa shape index (κ2) is 7.61. The molecule has 3 rings (SSSR count). The summed E-state index contributed by atoms with van der Waals surface area (Å²) in [5, 5.41) is 11.2. The molecule has 0 bridgehead atoms. The SMILES string of the molecule is CCCn1c(=O)c2[nH]c(C3(O)CCC=CCCC3)nc2n(CCC)c1=O. The van der Waals surface area contributed by atoms with Crippen molar-refractivity contribution < 1.29 is 5.11 Å². The summed E-state index contributed by atoms with van der Waals surface area (Å²) in [6.45, 7) is 4.78. The second-order valence-corrected chi connectivity index (χ2v) is 7.11. The first kappa shape index (κ1) is 18.6. The number of nitrogens with one attached hydrogen (secondary N) is 1. The van der Waals surface area contributed by atoms with Crippen molar-refractivity contribution in [2.45, 2.75) is 77.5 Å². The van der Waals surface area contributed by atoms with Gasteiger partial charge in [-0.25, -0.2) is 9.78 Å². The van der Waals surface area contributed by atoms with E-state index in [1.807, 2.05) is 13.8 Å². The summed E-state index contributed by atoms with van der Waals surface area (Å²) >= 11 is 0. The van der Waals surface area contributed by atoms with Gasteiger partial charge in [0.25, 0.3) is 5.56 Å². The van der Waals surface area contributed by atoms with Crippen LogP contribution in [0.4, 0.5) is 0 Å². The predicted octanol–water partition coefficient (Wildman–Crippen LogP) is 2.41. The van der Waals surface area contributed by atoms with E-state index in [1.54, 1.807) is 4.57 Å². The molecule has 1 atom stereocenters. The third kappa shape index (κ3) is 3.28. The normalized spacial score (nSPS) is 21.0. The number of allylic oxidation sites excluding steroid dienone is 2. The van der Waals surface area contributed by atoms with Crippen molar-refractivity contribution in [3.05, 3.63) is 38.8 Å². The number of imidazole rings is 1. The minimum atomic E-state index is -1.10. The van der Waals surface area contributed by atoms with E-state index in [1.165, 1.54) is 4.57 Å². The van der Waals surface area contributed by atoms with Gasteiger partial charge in [0.1, 0.15) is 16.9 Å². The number of hydrogen-bond donors (Lipinski definition) is 2. The van der Waals surface area contributed by atoms with Crippen LogP contribution >= 0.6 is 0 Å². The molecule has 2 aromatic heterocycles. The van der Waals surface area contributed by atoms with Crippen LogP contribution in [0.1, 0.15) is 64.6 Å². The molecule has 26 heavy (non-hydrogen) atoms. The van der Waals surface area contributed by atoms with E-state index in [2.05, 4.69) is 22.1 Å². The van der Waals surface area contributed by atoms with Crippen LogP contribution in [0.15, 0.2) is 21.7 Å². The number of aromatic nitrogens is 4. The Labute approximate surface area is 152 Å². The molecule has 2 aromatic rings. The molecule has 0 aromatic carbocycles. The van der Waals surface area contributed by atoms with Gasteiger partial charge < -0.3 is 10.1 Å². The van der Waals surface area contributed by atoms with Crippen molar-refractivity contribution in [3.8, 4) is 0 Å². The largest absolute Gasteiger partial charge is 0.382 e. The summed E-state index contributed by atoms with van der Waals surface area (Å²) < 4.78 is 2.82. The fraction of sp³-hybridized carbons (Fsp3) is 0.632. The Kier molecular flexibility index (Phi) is 5.46. The van der Waals surface area contributed by atoms with Gasteiger partial charge >= 0.3 is 5.69 Å². The molecule has 2 N–H and O–H groups in total. The molecule has 7 heteroatoms. The fourth-order valence-electron chi connectivity index (χ4n) is 3.66. The van der Waals surface area contributed by atoms with Crippen LogP contribution in [0.25, 0.3) is 11.2 Å². The molecule has 0 fully saturated rings. The maximum absolute atomic E-state index is 12.8. The number of aryl methyl sites for hydroxylation is 1. The third-order valence-electron chi connectivity index (χ3n) is 5.05. The van der Waals surface area contributed by atoms with Crippen LogP contribution < -0.4 is 11.2 Å². The van der Waals surface area contributed by atoms with Crippen LogP contribution in [0, 0.1) is 0 Å². The standard InChI is InChI=1S/C19H28N4O3/c1-3-12-22-15-14(16(24)23(13-4-2)18(22)25)20-17(21-15)19(26)10-8-6-5-7-9-11-19/h5-6,26H,3-4,7-13H2,1-2H3,(H,20,21). The number of nitrogens with zero attached hydrogens (tertiary/aromatic N) is 3. The minimum absolute atomic E-state index is 0.313. The van der Waals surface area contributed by atoms with Gasteiger partial charge in [-0.15, -0.1) is 0 Å². The molecule has 2 heterocycles. The molecular weight excluding hydrogens is 332 g/mol. The van der Waals surface area contributed by atoms with E-state index >= 15 is 0 Å². The fourth-order valence-corrected chi connectivity index (χ4v) is 3.66. The maximum Gasteiger partial charge on any atom is 0.332 e. The molecule has 0 saturated heterocycles. The highest BCUT2D eigenvalue weighted by Gasteiger charge is 2.33. The Bertz CT molecular complexity index is 921. The van der Waals surface area contributed by atoms with Crippen molar-refractivity contribution in [2.24, 2.45) is 0 Å². The van der Waals surface area contributed by atoms with E-state index in [0.717, 1.165) is 25.7 Å². The number of hydrogen-bond acceptors (Lipinski definition) is 4. The average Bonchev–Trinajstić information content (AvgIpc) is 3.05. The average molecular weight is 360 g/mol. The second-order valence-electron chi connectivity index (χ2n) is 7.11. The van der Waals surface area contributed by atoms with Crippen molar-refractivity contribution in [3.63, 3.8) is 0 Å². The third-order valence-corrected chi connectivity index (χ3v) is 5.05. The van der Waals surface area contributed by atoms with E-state index < -0.39 is 5.60 Å². The highest BCUT2D eigenvalue weighted by Crippen LogP contribution is 2.32. The molecular formula is C19H28N4O3. The highest BCUT2D eigenvalue weighted by molar-refractivity contribution is 5.70. The summed E-state index contributed by atoms with van der Waals surface area (Å²) in [4.78, 5) is 33.2. The highest BCUT2D eigenvalue weighted by atomic mass is 16.3. The topological polar surface area (TPSA) is 92.9 Å². The van der Waals surface area contributed by atoms with Crippen LogP contribution in [0.2, 0.25) is 0 Å². The molecule has 7 nitrogen and oxygen atoms in total. The van der Waals surface area contributed by atoms with Gasteiger partial charge in [-0.1, -0.05) is 26.0 Å². The Hall–Kier alpha value is -2.15. The number of aliphatic hydroxyl groups is 1. The van der Waals surface area contributed by atoms with Crippen LogP contribution in [-0.2, 0) is 18.7 Å². The zero-order chi connectivity index (χ0) is 18.7. The van der Waals surface area contributed by atoms with E-state index in [-0.39, 0.29) is 11.2 Å². The number of fused-ring (bicyclic) bond motifs is 1. The van der Waals surface area contributed by atoms with Crippen molar-refractivity contribution in [2.75, 3.05) is 0 Å². The lowest BCUT2D eigenvalue weighted by Gasteiger charge is -2.26. The lowest BCUT2D eigenvalue weighted by Crippen LogP contribution is -2.40. The number of aromatic amines is 1. The van der Waals surface area contributed by atoms with Gasteiger partial charge in [0.15, 0.2) is 5.65 Å². The Morgan fingerprint density at radius 3 is 2.54 bits per heavy atom. The Morgan fingerprint density at radius 1 is 1.12 bits per heavy atom. The molecule has 0 aliphatic heterocycles. The van der Waals surface area contributed by atoms with Crippen LogP contribution in [-0.4, -0.2) is 24.2 Å². The molecule has 0 spiro atoms. The number of H-pyrrole nitrogens is 1. The zero-order valence-electron chi connectivity index (χ0n) is 15.6. The van der Waals surface area contributed by atoms with Gasteiger partial charge in [-0.3, -0.25) is 13.9 Å². The van der Waals surface area contributed by atoms with Crippen molar-refractivity contribution in [1.82, 2.24) is 19.1 Å². The Balaban J connectivity index is 2.19. The van der Waals surface area contributed by atoms with Gasteiger partial charge in [-0.2, -0.15) is 0 Å². The molecule has 0 saturated carbocycles. The maximum atomic E-state index is 12.8. The van der Waals surface area contributed by atoms with E-state index in [9.17, 15) is 14.7 Å². The van der Waals surface area contributed by atoms with Crippen LogP contribution in [0.5, 0.6) is 0 Å².